The van der Waals surface area contributed by atoms with Gasteiger partial charge in [-0.15, -0.1) is 0 Å². The van der Waals surface area contributed by atoms with Gasteiger partial charge in [0.15, 0.2) is 0 Å². The van der Waals surface area contributed by atoms with Gasteiger partial charge in [0.2, 0.25) is 11.8 Å². The first kappa shape index (κ1) is 19.7. The Morgan fingerprint density at radius 1 is 0.889 bits per heavy atom. The molecule has 0 aromatic heterocycles. The summed E-state index contributed by atoms with van der Waals surface area (Å²) in [6.45, 7) is 1.33. The Labute approximate surface area is 163 Å². The van der Waals surface area contributed by atoms with Gasteiger partial charge in [-0.25, -0.2) is 0 Å². The third kappa shape index (κ3) is 6.23. The van der Waals surface area contributed by atoms with Gasteiger partial charge in [0.1, 0.15) is 0 Å². The predicted octanol–water partition coefficient (Wildman–Crippen LogP) is 4.17. The number of hydrogen-bond acceptors (Lipinski definition) is 2. The minimum atomic E-state index is 0.0396. The molecule has 2 fully saturated rings. The van der Waals surface area contributed by atoms with Gasteiger partial charge in [-0.05, 0) is 37.3 Å². The van der Waals surface area contributed by atoms with Crippen LogP contribution < -0.4 is 5.32 Å². The van der Waals surface area contributed by atoms with E-state index < -0.39 is 0 Å². The van der Waals surface area contributed by atoms with E-state index in [1.165, 1.54) is 32.1 Å². The van der Waals surface area contributed by atoms with Crippen LogP contribution >= 0.6 is 0 Å². The minimum absolute atomic E-state index is 0.0396. The zero-order valence-electron chi connectivity index (χ0n) is 16.2. The summed E-state index contributed by atoms with van der Waals surface area (Å²) in [7, 11) is 0. The standard InChI is InChI=1S/C23H32N2O2/c26-22(14-13-19-9-5-4-6-10-19)25-17-15-20(16-18-25)23(27)24-21-11-7-2-1-3-8-12-21/h4-6,9-10,13-14,20-21H,1-3,7-8,11-12,15-18H2,(H,24,27)/b14-13+. The van der Waals surface area contributed by atoms with Crippen molar-refractivity contribution in [3.05, 3.63) is 42.0 Å². The Bertz CT molecular complexity index is 625. The molecule has 146 valence electrons. The molecule has 3 rings (SSSR count). The molecule has 1 saturated heterocycles. The van der Waals surface area contributed by atoms with Crippen LogP contribution in [-0.4, -0.2) is 35.8 Å². The normalized spacial score (nSPS) is 20.2. The Morgan fingerprint density at radius 2 is 1.52 bits per heavy atom. The lowest BCUT2D eigenvalue weighted by molar-refractivity contribution is -0.132. The first-order chi connectivity index (χ1) is 13.2. The molecule has 1 aromatic carbocycles. The highest BCUT2D eigenvalue weighted by Gasteiger charge is 2.27. The average Bonchev–Trinajstić information content (AvgIpc) is 2.69. The van der Waals surface area contributed by atoms with Crippen LogP contribution in [0.15, 0.2) is 36.4 Å². The van der Waals surface area contributed by atoms with Crippen molar-refractivity contribution < 1.29 is 9.59 Å². The van der Waals surface area contributed by atoms with Gasteiger partial charge in [-0.3, -0.25) is 9.59 Å². The van der Waals surface area contributed by atoms with Gasteiger partial charge >= 0.3 is 0 Å². The highest BCUT2D eigenvalue weighted by atomic mass is 16.2. The molecule has 1 heterocycles. The molecule has 1 aliphatic heterocycles. The van der Waals surface area contributed by atoms with E-state index in [0.717, 1.165) is 31.2 Å². The second-order valence-corrected chi connectivity index (χ2v) is 7.89. The summed E-state index contributed by atoms with van der Waals surface area (Å²) >= 11 is 0. The number of piperidine rings is 1. The van der Waals surface area contributed by atoms with Crippen LogP contribution in [0, 0.1) is 5.92 Å². The molecule has 1 aliphatic carbocycles. The van der Waals surface area contributed by atoms with E-state index in [-0.39, 0.29) is 17.7 Å². The molecule has 0 unspecified atom stereocenters. The zero-order valence-corrected chi connectivity index (χ0v) is 16.2. The number of carbonyl (C=O) groups excluding carboxylic acids is 2. The smallest absolute Gasteiger partial charge is 0.246 e. The second kappa shape index (κ2) is 10.3. The molecule has 0 atom stereocenters. The summed E-state index contributed by atoms with van der Waals surface area (Å²) < 4.78 is 0. The number of hydrogen-bond donors (Lipinski definition) is 1. The number of carbonyl (C=O) groups is 2. The molecule has 27 heavy (non-hydrogen) atoms. The average molecular weight is 369 g/mol. The van der Waals surface area contributed by atoms with Gasteiger partial charge in [0.25, 0.3) is 0 Å². The number of rotatable bonds is 4. The van der Waals surface area contributed by atoms with Crippen LogP contribution in [0.4, 0.5) is 0 Å². The lowest BCUT2D eigenvalue weighted by atomic mass is 9.93. The van der Waals surface area contributed by atoms with Crippen LogP contribution in [0.25, 0.3) is 6.08 Å². The molecule has 1 aromatic rings. The molecule has 2 aliphatic rings. The molecule has 0 bridgehead atoms. The van der Waals surface area contributed by atoms with E-state index in [4.69, 9.17) is 0 Å². The van der Waals surface area contributed by atoms with Crippen molar-refractivity contribution in [2.75, 3.05) is 13.1 Å². The van der Waals surface area contributed by atoms with E-state index in [1.54, 1.807) is 6.08 Å². The van der Waals surface area contributed by atoms with Crippen molar-refractivity contribution in [1.82, 2.24) is 10.2 Å². The maximum absolute atomic E-state index is 12.6. The largest absolute Gasteiger partial charge is 0.353 e. The summed E-state index contributed by atoms with van der Waals surface area (Å²) in [5, 5.41) is 3.29. The second-order valence-electron chi connectivity index (χ2n) is 7.89. The number of likely N-dealkylation sites (tertiary alicyclic amines) is 1. The van der Waals surface area contributed by atoms with E-state index in [9.17, 15) is 9.59 Å². The fraction of sp³-hybridized carbons (Fsp3) is 0.565. The minimum Gasteiger partial charge on any atom is -0.353 e. The molecule has 2 amide bonds. The highest BCUT2D eigenvalue weighted by Crippen LogP contribution is 2.21. The molecule has 1 N–H and O–H groups in total. The van der Waals surface area contributed by atoms with Crippen molar-refractivity contribution in [2.24, 2.45) is 5.92 Å². The van der Waals surface area contributed by atoms with Crippen molar-refractivity contribution >= 4 is 17.9 Å². The maximum Gasteiger partial charge on any atom is 0.246 e. The topological polar surface area (TPSA) is 49.4 Å². The Balaban J connectivity index is 1.43. The Kier molecular flexibility index (Phi) is 7.49. The van der Waals surface area contributed by atoms with Crippen molar-refractivity contribution in [3.63, 3.8) is 0 Å². The van der Waals surface area contributed by atoms with Crippen molar-refractivity contribution in [3.8, 4) is 0 Å². The van der Waals surface area contributed by atoms with E-state index >= 15 is 0 Å². The molecule has 4 heteroatoms. The van der Waals surface area contributed by atoms with E-state index in [0.29, 0.717) is 19.1 Å². The van der Waals surface area contributed by atoms with Crippen LogP contribution in [0.3, 0.4) is 0 Å². The Morgan fingerprint density at radius 3 is 2.19 bits per heavy atom. The first-order valence-electron chi connectivity index (χ1n) is 10.5. The molecule has 0 spiro atoms. The summed E-state index contributed by atoms with van der Waals surface area (Å²) in [5.41, 5.74) is 1.03. The van der Waals surface area contributed by atoms with Crippen LogP contribution in [-0.2, 0) is 9.59 Å². The molecule has 1 saturated carbocycles. The van der Waals surface area contributed by atoms with Gasteiger partial charge in [0, 0.05) is 31.1 Å². The predicted molar refractivity (Wildman–Crippen MR) is 109 cm³/mol. The summed E-state index contributed by atoms with van der Waals surface area (Å²) in [5.74, 6) is 0.294. The molecule has 4 nitrogen and oxygen atoms in total. The molecular formula is C23H32N2O2. The molecule has 0 radical (unpaired) electrons. The fourth-order valence-electron chi connectivity index (χ4n) is 4.12. The fourth-order valence-corrected chi connectivity index (χ4v) is 4.12. The van der Waals surface area contributed by atoms with Crippen molar-refractivity contribution in [2.45, 2.75) is 63.8 Å². The molecular weight excluding hydrogens is 336 g/mol. The summed E-state index contributed by atoms with van der Waals surface area (Å²) in [6.07, 6.45) is 13.7. The lowest BCUT2D eigenvalue weighted by Crippen LogP contribution is -2.45. The van der Waals surface area contributed by atoms with Gasteiger partial charge < -0.3 is 10.2 Å². The van der Waals surface area contributed by atoms with Gasteiger partial charge in [-0.2, -0.15) is 0 Å². The summed E-state index contributed by atoms with van der Waals surface area (Å²) in [6, 6.07) is 10.2. The van der Waals surface area contributed by atoms with Crippen LogP contribution in [0.1, 0.15) is 63.4 Å². The maximum atomic E-state index is 12.6. The van der Waals surface area contributed by atoms with E-state index in [1.807, 2.05) is 41.3 Å². The SMILES string of the molecule is O=C(NC1CCCCCCC1)C1CCN(C(=O)/C=C/c2ccccc2)CC1. The van der Waals surface area contributed by atoms with Crippen LogP contribution in [0.2, 0.25) is 0 Å². The van der Waals surface area contributed by atoms with E-state index in [2.05, 4.69) is 5.32 Å². The Hall–Kier alpha value is -2.10. The van der Waals surface area contributed by atoms with Gasteiger partial charge in [0.05, 0.1) is 0 Å². The number of amides is 2. The highest BCUT2D eigenvalue weighted by molar-refractivity contribution is 5.92. The quantitative estimate of drug-likeness (QED) is 0.811. The first-order valence-corrected chi connectivity index (χ1v) is 10.5. The zero-order chi connectivity index (χ0) is 18.9. The third-order valence-corrected chi connectivity index (χ3v) is 5.85. The number of benzene rings is 1. The van der Waals surface area contributed by atoms with Crippen LogP contribution in [0.5, 0.6) is 0 Å². The number of nitrogens with zero attached hydrogens (tertiary/aromatic N) is 1. The summed E-state index contributed by atoms with van der Waals surface area (Å²) in [4.78, 5) is 26.9. The lowest BCUT2D eigenvalue weighted by Gasteiger charge is -2.32. The third-order valence-electron chi connectivity index (χ3n) is 5.85. The monoisotopic (exact) mass is 368 g/mol. The van der Waals surface area contributed by atoms with Gasteiger partial charge in [-0.1, -0.05) is 62.4 Å². The van der Waals surface area contributed by atoms with Crippen molar-refractivity contribution in [1.29, 1.82) is 0 Å². The number of nitrogens with one attached hydrogen (secondary N) is 1.